The van der Waals surface area contributed by atoms with E-state index in [4.69, 9.17) is 0 Å². The third kappa shape index (κ3) is 3.34. The minimum Gasteiger partial charge on any atom is -0.374 e. The maximum Gasteiger partial charge on any atom is 0.160 e. The van der Waals surface area contributed by atoms with Crippen LogP contribution in [0.1, 0.15) is 31.1 Å². The summed E-state index contributed by atoms with van der Waals surface area (Å²) in [4.78, 5) is 13.5. The van der Waals surface area contributed by atoms with Gasteiger partial charge in [-0.1, -0.05) is 13.8 Å². The molecule has 0 N–H and O–H groups in total. The summed E-state index contributed by atoms with van der Waals surface area (Å²) in [7, 11) is 2.06. The molecule has 0 aliphatic heterocycles. The highest BCUT2D eigenvalue weighted by Gasteiger charge is 2.08. The van der Waals surface area contributed by atoms with Crippen molar-refractivity contribution < 1.29 is 4.79 Å². The molecule has 0 saturated heterocycles. The van der Waals surface area contributed by atoms with Crippen molar-refractivity contribution in [2.24, 2.45) is 5.92 Å². The summed E-state index contributed by atoms with van der Waals surface area (Å²) >= 11 is 3.43. The smallest absolute Gasteiger partial charge is 0.160 e. The molecule has 3 heteroatoms. The number of hydrogen-bond donors (Lipinski definition) is 0. The van der Waals surface area contributed by atoms with E-state index in [0.717, 1.165) is 22.3 Å². The molecular weight excluding hydrogens is 266 g/mol. The van der Waals surface area contributed by atoms with Crippen LogP contribution in [0.5, 0.6) is 0 Å². The lowest BCUT2D eigenvalue weighted by atomic mass is 10.1. The molecule has 0 atom stereocenters. The number of rotatable bonds is 4. The molecule has 0 aromatic heterocycles. The van der Waals surface area contributed by atoms with E-state index in [1.165, 1.54) is 0 Å². The lowest BCUT2D eigenvalue weighted by Crippen LogP contribution is -2.22. The van der Waals surface area contributed by atoms with Gasteiger partial charge in [0.2, 0.25) is 0 Å². The van der Waals surface area contributed by atoms with Crippen LogP contribution in [0.15, 0.2) is 22.7 Å². The Morgan fingerprint density at radius 3 is 2.50 bits per heavy atom. The molecule has 0 aliphatic carbocycles. The Morgan fingerprint density at radius 1 is 1.44 bits per heavy atom. The molecule has 0 fully saturated rings. The summed E-state index contributed by atoms with van der Waals surface area (Å²) in [5, 5.41) is 0. The second-order valence-electron chi connectivity index (χ2n) is 4.49. The monoisotopic (exact) mass is 283 g/mol. The third-order valence-corrected chi connectivity index (χ3v) is 3.07. The van der Waals surface area contributed by atoms with Crippen LogP contribution in [0.2, 0.25) is 0 Å². The third-order valence-electron chi connectivity index (χ3n) is 2.41. The van der Waals surface area contributed by atoms with Gasteiger partial charge in [0.1, 0.15) is 0 Å². The van der Waals surface area contributed by atoms with Crippen LogP contribution in [0.25, 0.3) is 0 Å². The topological polar surface area (TPSA) is 20.3 Å². The first-order chi connectivity index (χ1) is 7.41. The van der Waals surface area contributed by atoms with Gasteiger partial charge in [0.05, 0.1) is 0 Å². The maximum atomic E-state index is 11.3. The van der Waals surface area contributed by atoms with E-state index in [1.807, 2.05) is 18.2 Å². The van der Waals surface area contributed by atoms with Crippen LogP contribution in [-0.4, -0.2) is 19.4 Å². The van der Waals surface area contributed by atoms with Crippen molar-refractivity contribution >= 4 is 27.4 Å². The summed E-state index contributed by atoms with van der Waals surface area (Å²) < 4.78 is 0.869. The average molecular weight is 284 g/mol. The molecule has 16 heavy (non-hydrogen) atoms. The molecule has 1 rings (SSSR count). The number of nitrogens with zero attached hydrogens (tertiary/aromatic N) is 1. The first-order valence-corrected chi connectivity index (χ1v) is 6.22. The first kappa shape index (κ1) is 13.2. The van der Waals surface area contributed by atoms with Crippen LogP contribution >= 0.6 is 15.9 Å². The van der Waals surface area contributed by atoms with E-state index >= 15 is 0 Å². The highest BCUT2D eigenvalue weighted by molar-refractivity contribution is 9.10. The lowest BCUT2D eigenvalue weighted by molar-refractivity contribution is 0.101. The fourth-order valence-corrected chi connectivity index (χ4v) is 2.33. The second-order valence-corrected chi connectivity index (χ2v) is 5.35. The van der Waals surface area contributed by atoms with Crippen LogP contribution in [0.4, 0.5) is 5.69 Å². The summed E-state index contributed by atoms with van der Waals surface area (Å²) in [6, 6.07) is 5.86. The molecule has 0 unspecified atom stereocenters. The highest BCUT2D eigenvalue weighted by Crippen LogP contribution is 2.24. The van der Waals surface area contributed by atoms with Crippen LogP contribution < -0.4 is 4.90 Å². The van der Waals surface area contributed by atoms with Gasteiger partial charge in [-0.2, -0.15) is 0 Å². The summed E-state index contributed by atoms with van der Waals surface area (Å²) in [6.07, 6.45) is 0. The van der Waals surface area contributed by atoms with Gasteiger partial charge in [-0.3, -0.25) is 4.79 Å². The van der Waals surface area contributed by atoms with Gasteiger partial charge in [-0.15, -0.1) is 0 Å². The van der Waals surface area contributed by atoms with E-state index in [2.05, 4.69) is 41.7 Å². The quantitative estimate of drug-likeness (QED) is 0.785. The average Bonchev–Trinajstić information content (AvgIpc) is 2.15. The minimum atomic E-state index is 0.0879. The van der Waals surface area contributed by atoms with Gasteiger partial charge >= 0.3 is 0 Å². The molecule has 0 bridgehead atoms. The minimum absolute atomic E-state index is 0.0879. The van der Waals surface area contributed by atoms with E-state index in [0.29, 0.717) is 5.92 Å². The molecule has 1 aromatic carbocycles. The number of Topliss-reactive ketones (excluding diaryl/α,β-unsaturated/α-hetero) is 1. The van der Waals surface area contributed by atoms with Gasteiger partial charge < -0.3 is 4.90 Å². The molecule has 0 aliphatic rings. The molecule has 88 valence electrons. The summed E-state index contributed by atoms with van der Waals surface area (Å²) in [6.45, 7) is 6.97. The summed E-state index contributed by atoms with van der Waals surface area (Å²) in [5.41, 5.74) is 1.87. The Kier molecular flexibility index (Phi) is 4.54. The number of ketones is 1. The fraction of sp³-hybridized carbons (Fsp3) is 0.462. The zero-order valence-corrected chi connectivity index (χ0v) is 11.8. The van der Waals surface area contributed by atoms with Crippen molar-refractivity contribution in [2.75, 3.05) is 18.5 Å². The van der Waals surface area contributed by atoms with Gasteiger partial charge in [0.25, 0.3) is 0 Å². The largest absolute Gasteiger partial charge is 0.374 e. The van der Waals surface area contributed by atoms with Crippen molar-refractivity contribution in [3.05, 3.63) is 28.2 Å². The highest BCUT2D eigenvalue weighted by atomic mass is 79.9. The molecule has 0 saturated carbocycles. The standard InChI is InChI=1S/C13H18BrNO/c1-9(2)8-15(4)11-5-6-12(10(3)16)13(14)7-11/h5-7,9H,8H2,1-4H3. The molecule has 0 spiro atoms. The molecule has 0 amide bonds. The fourth-order valence-electron chi connectivity index (χ4n) is 1.68. The number of carbonyl (C=O) groups is 1. The first-order valence-electron chi connectivity index (χ1n) is 5.43. The van der Waals surface area contributed by atoms with E-state index in [-0.39, 0.29) is 5.78 Å². The van der Waals surface area contributed by atoms with Crippen molar-refractivity contribution in [1.29, 1.82) is 0 Å². The summed E-state index contributed by atoms with van der Waals surface area (Å²) in [5.74, 6) is 0.709. The molecule has 0 radical (unpaired) electrons. The van der Waals surface area contributed by atoms with Crippen LogP contribution in [0.3, 0.4) is 0 Å². The van der Waals surface area contributed by atoms with Crippen molar-refractivity contribution in [3.8, 4) is 0 Å². The number of carbonyl (C=O) groups excluding carboxylic acids is 1. The number of benzene rings is 1. The Balaban J connectivity index is 2.92. The van der Waals surface area contributed by atoms with Crippen LogP contribution in [0, 0.1) is 5.92 Å². The normalized spacial score (nSPS) is 10.6. The number of anilines is 1. The molecule has 2 nitrogen and oxygen atoms in total. The zero-order valence-electron chi connectivity index (χ0n) is 10.2. The Hall–Kier alpha value is -0.830. The SMILES string of the molecule is CC(=O)c1ccc(N(C)CC(C)C)cc1Br. The van der Waals surface area contributed by atoms with E-state index in [9.17, 15) is 4.79 Å². The molecule has 0 heterocycles. The Labute approximate surface area is 106 Å². The van der Waals surface area contributed by atoms with Gasteiger partial charge in [0, 0.05) is 29.3 Å². The maximum absolute atomic E-state index is 11.3. The lowest BCUT2D eigenvalue weighted by Gasteiger charge is -2.22. The van der Waals surface area contributed by atoms with Crippen molar-refractivity contribution in [1.82, 2.24) is 0 Å². The van der Waals surface area contributed by atoms with Crippen molar-refractivity contribution in [3.63, 3.8) is 0 Å². The van der Waals surface area contributed by atoms with E-state index in [1.54, 1.807) is 6.92 Å². The van der Waals surface area contributed by atoms with E-state index < -0.39 is 0 Å². The predicted molar refractivity (Wildman–Crippen MR) is 72.3 cm³/mol. The van der Waals surface area contributed by atoms with Crippen molar-refractivity contribution in [2.45, 2.75) is 20.8 Å². The zero-order chi connectivity index (χ0) is 12.3. The second kappa shape index (κ2) is 5.48. The predicted octanol–water partition coefficient (Wildman–Crippen LogP) is 3.74. The van der Waals surface area contributed by atoms with Gasteiger partial charge in [-0.05, 0) is 47.0 Å². The number of halogens is 1. The van der Waals surface area contributed by atoms with Gasteiger partial charge in [-0.25, -0.2) is 0 Å². The molecule has 1 aromatic rings. The number of hydrogen-bond acceptors (Lipinski definition) is 2. The van der Waals surface area contributed by atoms with Crippen LogP contribution in [-0.2, 0) is 0 Å². The molecular formula is C13H18BrNO. The Bertz CT molecular complexity index is 388. The van der Waals surface area contributed by atoms with Gasteiger partial charge in [0.15, 0.2) is 5.78 Å². The Morgan fingerprint density at radius 2 is 2.06 bits per heavy atom.